The van der Waals surface area contributed by atoms with Gasteiger partial charge in [0.1, 0.15) is 5.60 Å². The maximum Gasteiger partial charge on any atom is 0.410 e. The largest absolute Gasteiger partial charge is 0.444 e. The first-order valence-electron chi connectivity index (χ1n) is 13.0. The van der Waals surface area contributed by atoms with E-state index >= 15 is 0 Å². The van der Waals surface area contributed by atoms with E-state index in [1.54, 1.807) is 17.2 Å². The van der Waals surface area contributed by atoms with Crippen molar-refractivity contribution in [2.45, 2.75) is 117 Å². The van der Waals surface area contributed by atoms with Crippen LogP contribution in [0.3, 0.4) is 0 Å². The number of ether oxygens (including phenoxy) is 1. The number of nitrogens with zero attached hydrogens (tertiary/aromatic N) is 2. The van der Waals surface area contributed by atoms with Crippen molar-refractivity contribution < 1.29 is 19.1 Å². The number of hydrogen-bond acceptors (Lipinski definition) is 5. The third-order valence-corrected chi connectivity index (χ3v) is 14.2. The van der Waals surface area contributed by atoms with Crippen molar-refractivity contribution in [1.29, 1.82) is 0 Å². The maximum absolute atomic E-state index is 12.5. The molecule has 35 heavy (non-hydrogen) atoms. The lowest BCUT2D eigenvalue weighted by Crippen LogP contribution is -2.47. The van der Waals surface area contributed by atoms with Crippen molar-refractivity contribution in [2.75, 3.05) is 13.1 Å². The lowest BCUT2D eigenvalue weighted by molar-refractivity contribution is -0.0258. The molecule has 1 aliphatic rings. The Morgan fingerprint density at radius 3 is 2.11 bits per heavy atom. The monoisotopic (exact) mass is 526 g/mol. The summed E-state index contributed by atoms with van der Waals surface area (Å²) < 4.78 is 12.2. The quantitative estimate of drug-likeness (QED) is 0.355. The third-order valence-electron chi connectivity index (χ3n) is 7.67. The number of aromatic nitrogens is 1. The van der Waals surface area contributed by atoms with Crippen LogP contribution in [0.4, 0.5) is 4.79 Å². The minimum atomic E-state index is -2.07. The highest BCUT2D eigenvalue weighted by molar-refractivity contribution is 6.77. The zero-order valence-electron chi connectivity index (χ0n) is 23.4. The molecule has 0 aliphatic carbocycles. The van der Waals surface area contributed by atoms with Gasteiger partial charge in [0.25, 0.3) is 0 Å². The molecule has 1 fully saturated rings. The second-order valence-corrected chi connectivity index (χ2v) is 18.1. The number of aliphatic hydroxyl groups excluding tert-OH is 1. The SMILES string of the molecule is CC(C)[Si](OCc1nccc(C(O)C2(C)CCN(C(=O)OC(C)(C)C)CC2)c1Cl)(C(C)C)C(C)C. The number of pyridine rings is 1. The van der Waals surface area contributed by atoms with Gasteiger partial charge in [0.2, 0.25) is 8.32 Å². The molecule has 1 atom stereocenters. The lowest BCUT2D eigenvalue weighted by atomic mass is 9.73. The number of halogens is 1. The van der Waals surface area contributed by atoms with E-state index in [-0.39, 0.29) is 6.09 Å². The van der Waals surface area contributed by atoms with Gasteiger partial charge in [-0.05, 0) is 56.3 Å². The Morgan fingerprint density at radius 2 is 1.66 bits per heavy atom. The summed E-state index contributed by atoms with van der Waals surface area (Å²) in [6, 6.07) is 1.81. The summed E-state index contributed by atoms with van der Waals surface area (Å²) in [5.41, 5.74) is 1.81. The van der Waals surface area contributed by atoms with E-state index < -0.39 is 25.4 Å². The molecule has 8 heteroatoms. The van der Waals surface area contributed by atoms with Crippen molar-refractivity contribution in [3.05, 3.63) is 28.5 Å². The number of amides is 1. The van der Waals surface area contributed by atoms with E-state index in [1.807, 2.05) is 20.8 Å². The first-order chi connectivity index (χ1) is 16.0. The highest BCUT2D eigenvalue weighted by atomic mass is 35.5. The second-order valence-electron chi connectivity index (χ2n) is 12.3. The first-order valence-corrected chi connectivity index (χ1v) is 15.5. The number of piperidine rings is 1. The molecule has 0 saturated carbocycles. The van der Waals surface area contributed by atoms with Gasteiger partial charge < -0.3 is 19.2 Å². The number of likely N-dealkylation sites (tertiary alicyclic amines) is 1. The molecule has 1 aromatic rings. The van der Waals surface area contributed by atoms with Crippen LogP contribution in [-0.2, 0) is 15.8 Å². The van der Waals surface area contributed by atoms with Crippen LogP contribution in [0.5, 0.6) is 0 Å². The van der Waals surface area contributed by atoms with E-state index in [0.717, 1.165) is 0 Å². The number of hydrogen-bond donors (Lipinski definition) is 1. The molecule has 1 unspecified atom stereocenters. The number of aliphatic hydroxyl groups is 1. The molecular weight excluding hydrogens is 480 g/mol. The Kier molecular flexibility index (Phi) is 9.87. The highest BCUT2D eigenvalue weighted by Gasteiger charge is 2.45. The van der Waals surface area contributed by atoms with Crippen molar-refractivity contribution in [2.24, 2.45) is 5.41 Å². The topological polar surface area (TPSA) is 71.9 Å². The molecule has 0 bridgehead atoms. The molecule has 200 valence electrons. The minimum absolute atomic E-state index is 0.302. The van der Waals surface area contributed by atoms with Crippen molar-refractivity contribution in [1.82, 2.24) is 9.88 Å². The third kappa shape index (κ3) is 6.79. The van der Waals surface area contributed by atoms with Gasteiger partial charge in [0.15, 0.2) is 0 Å². The van der Waals surface area contributed by atoms with Crippen LogP contribution in [0.15, 0.2) is 12.3 Å². The minimum Gasteiger partial charge on any atom is -0.444 e. The van der Waals surface area contributed by atoms with E-state index in [4.69, 9.17) is 20.8 Å². The van der Waals surface area contributed by atoms with Crippen LogP contribution in [0, 0.1) is 5.41 Å². The average Bonchev–Trinajstić information content (AvgIpc) is 2.73. The van der Waals surface area contributed by atoms with Crippen LogP contribution >= 0.6 is 11.6 Å². The zero-order valence-corrected chi connectivity index (χ0v) is 25.2. The Hall–Kier alpha value is -1.15. The van der Waals surface area contributed by atoms with Gasteiger partial charge in [-0.15, -0.1) is 0 Å². The molecule has 1 saturated heterocycles. The van der Waals surface area contributed by atoms with Crippen LogP contribution in [0.2, 0.25) is 21.6 Å². The van der Waals surface area contributed by atoms with Crippen LogP contribution in [0.1, 0.15) is 99.4 Å². The summed E-state index contributed by atoms with van der Waals surface area (Å²) in [6.07, 6.45) is 1.96. The van der Waals surface area contributed by atoms with Crippen LogP contribution in [0.25, 0.3) is 0 Å². The van der Waals surface area contributed by atoms with Crippen molar-refractivity contribution >= 4 is 26.0 Å². The predicted octanol–water partition coefficient (Wildman–Crippen LogP) is 7.50. The van der Waals surface area contributed by atoms with E-state index in [9.17, 15) is 9.90 Å². The molecule has 6 nitrogen and oxygen atoms in total. The van der Waals surface area contributed by atoms with Crippen LogP contribution < -0.4 is 0 Å². The maximum atomic E-state index is 12.5. The first kappa shape index (κ1) is 30.1. The Morgan fingerprint density at radius 1 is 1.14 bits per heavy atom. The number of carbonyl (C=O) groups is 1. The fraction of sp³-hybridized carbons (Fsp3) is 0.778. The molecule has 2 heterocycles. The Labute approximate surface area is 218 Å². The standard InChI is InChI=1S/C27H47ClN2O4Si/c1-18(2)35(19(3)4,20(5)6)33-17-22-23(28)21(11-14-29-22)24(31)27(10)12-15-30(16-13-27)25(32)34-26(7,8)9/h11,14,18-20,24,31H,12-13,15-17H2,1-10H3. The van der Waals surface area contributed by atoms with E-state index in [2.05, 4.69) is 53.5 Å². The number of rotatable bonds is 8. The summed E-state index contributed by atoms with van der Waals surface area (Å²) in [5.74, 6) is 0. The van der Waals surface area contributed by atoms with Crippen molar-refractivity contribution in [3.63, 3.8) is 0 Å². The van der Waals surface area contributed by atoms with Crippen molar-refractivity contribution in [3.8, 4) is 0 Å². The normalized spacial score (nSPS) is 17.9. The summed E-state index contributed by atoms with van der Waals surface area (Å²) in [5, 5.41) is 11.9. The summed E-state index contributed by atoms with van der Waals surface area (Å²) in [6.45, 7) is 22.6. The molecule has 0 aromatic carbocycles. The summed E-state index contributed by atoms with van der Waals surface area (Å²) in [7, 11) is -2.07. The molecule has 1 N–H and O–H groups in total. The fourth-order valence-electron chi connectivity index (χ4n) is 5.68. The summed E-state index contributed by atoms with van der Waals surface area (Å²) >= 11 is 6.83. The lowest BCUT2D eigenvalue weighted by Gasteiger charge is -2.43. The molecule has 2 rings (SSSR count). The number of carbonyl (C=O) groups excluding carboxylic acids is 1. The Balaban J connectivity index is 2.18. The van der Waals surface area contributed by atoms with Gasteiger partial charge in [0, 0.05) is 30.3 Å². The predicted molar refractivity (Wildman–Crippen MR) is 145 cm³/mol. The van der Waals surface area contributed by atoms with E-state index in [1.165, 1.54) is 0 Å². The average molecular weight is 527 g/mol. The molecular formula is C27H47ClN2O4Si. The van der Waals surface area contributed by atoms with Gasteiger partial charge in [-0.2, -0.15) is 0 Å². The molecule has 1 amide bonds. The fourth-order valence-corrected chi connectivity index (χ4v) is 11.3. The van der Waals surface area contributed by atoms with Gasteiger partial charge in [-0.1, -0.05) is 60.1 Å². The van der Waals surface area contributed by atoms with Gasteiger partial charge >= 0.3 is 6.09 Å². The molecule has 1 aromatic heterocycles. The zero-order chi connectivity index (χ0) is 26.8. The second kappa shape index (κ2) is 11.5. The van der Waals surface area contributed by atoms with Gasteiger partial charge in [0.05, 0.1) is 23.4 Å². The molecule has 1 aliphatic heterocycles. The van der Waals surface area contributed by atoms with Gasteiger partial charge in [-0.25, -0.2) is 4.79 Å². The smallest absolute Gasteiger partial charge is 0.410 e. The summed E-state index contributed by atoms with van der Waals surface area (Å²) in [4.78, 5) is 18.7. The van der Waals surface area contributed by atoms with Crippen LogP contribution in [-0.4, -0.2) is 48.1 Å². The molecule has 0 spiro atoms. The van der Waals surface area contributed by atoms with E-state index in [0.29, 0.717) is 65.4 Å². The molecule has 0 radical (unpaired) electrons. The van der Waals surface area contributed by atoms with Gasteiger partial charge in [-0.3, -0.25) is 4.98 Å². The highest BCUT2D eigenvalue weighted by Crippen LogP contribution is 2.46. The Bertz CT molecular complexity index is 839.